The second-order valence-corrected chi connectivity index (χ2v) is 4.07. The molecular weight excluding hydrogens is 228 g/mol. The Bertz CT molecular complexity index is 772. The van der Waals surface area contributed by atoms with Crippen molar-refractivity contribution in [2.24, 2.45) is 0 Å². The number of fused-ring (bicyclic) bond motifs is 3. The van der Waals surface area contributed by atoms with Gasteiger partial charge in [-0.3, -0.25) is 10.1 Å². The number of aromatic amines is 1. The van der Waals surface area contributed by atoms with E-state index in [0.717, 1.165) is 33.6 Å². The zero-order chi connectivity index (χ0) is 12.5. The van der Waals surface area contributed by atoms with Crippen LogP contribution >= 0.6 is 0 Å². The van der Waals surface area contributed by atoms with Crippen LogP contribution in [0.2, 0.25) is 0 Å². The van der Waals surface area contributed by atoms with Crippen LogP contribution in [0.3, 0.4) is 0 Å². The molecule has 0 saturated carbocycles. The van der Waals surface area contributed by atoms with Crippen molar-refractivity contribution in [1.82, 2.24) is 4.98 Å². The van der Waals surface area contributed by atoms with Crippen molar-refractivity contribution in [3.05, 3.63) is 64.5 Å². The summed E-state index contributed by atoms with van der Waals surface area (Å²) in [7, 11) is 0. The Kier molecular flexibility index (Phi) is 2.34. The van der Waals surface area contributed by atoms with E-state index in [2.05, 4.69) is 4.98 Å². The van der Waals surface area contributed by atoms with E-state index in [-0.39, 0.29) is 0 Å². The first kappa shape index (κ1) is 10.5. The Balaban J connectivity index is 2.22. The summed E-state index contributed by atoms with van der Waals surface area (Å²) >= 11 is 0. The van der Waals surface area contributed by atoms with Crippen LogP contribution in [0.25, 0.3) is 27.8 Å². The van der Waals surface area contributed by atoms with E-state index in [4.69, 9.17) is 0 Å². The molecule has 0 fully saturated rings. The normalized spacial score (nSPS) is 11.6. The van der Waals surface area contributed by atoms with Crippen LogP contribution in [0.15, 0.2) is 48.7 Å². The summed E-state index contributed by atoms with van der Waals surface area (Å²) in [5, 5.41) is 13.7. The summed E-state index contributed by atoms with van der Waals surface area (Å²) < 4.78 is 0. The lowest BCUT2D eigenvalue weighted by atomic mass is 10.1. The van der Waals surface area contributed by atoms with E-state index in [1.54, 1.807) is 0 Å². The number of nitrogens with one attached hydrogen (secondary N) is 1. The Morgan fingerprint density at radius 2 is 1.94 bits per heavy atom. The summed E-state index contributed by atoms with van der Waals surface area (Å²) in [6, 6.07) is 14.0. The summed E-state index contributed by atoms with van der Waals surface area (Å²) in [5.74, 6) is 0. The van der Waals surface area contributed by atoms with Gasteiger partial charge < -0.3 is 4.98 Å². The lowest BCUT2D eigenvalue weighted by Gasteiger charge is -1.97. The number of rotatable bonds is 2. The van der Waals surface area contributed by atoms with Gasteiger partial charge >= 0.3 is 0 Å². The molecule has 2 aromatic carbocycles. The highest BCUT2D eigenvalue weighted by atomic mass is 16.6. The molecule has 0 aliphatic heterocycles. The van der Waals surface area contributed by atoms with Crippen molar-refractivity contribution in [3.8, 4) is 0 Å². The molecule has 1 N–H and O–H groups in total. The number of benzene rings is 2. The second-order valence-electron chi connectivity index (χ2n) is 4.07. The molecule has 0 radical (unpaired) electrons. The number of H-pyrrole nitrogens is 1. The molecule has 18 heavy (non-hydrogen) atoms. The van der Waals surface area contributed by atoms with Crippen LogP contribution in [-0.4, -0.2) is 9.91 Å². The number of aromatic nitrogens is 1. The molecule has 0 aliphatic rings. The fraction of sp³-hybridized carbons (Fsp3) is 0. The van der Waals surface area contributed by atoms with Crippen LogP contribution in [0.4, 0.5) is 0 Å². The van der Waals surface area contributed by atoms with Gasteiger partial charge in [-0.05, 0) is 22.9 Å². The van der Waals surface area contributed by atoms with Crippen molar-refractivity contribution >= 4 is 27.8 Å². The van der Waals surface area contributed by atoms with Crippen LogP contribution in [0, 0.1) is 10.1 Å². The largest absolute Gasteiger partial charge is 0.355 e. The summed E-state index contributed by atoms with van der Waals surface area (Å²) in [6.07, 6.45) is 2.40. The predicted octanol–water partition coefficient (Wildman–Crippen LogP) is 3.57. The van der Waals surface area contributed by atoms with Gasteiger partial charge in [-0.15, -0.1) is 0 Å². The molecule has 0 spiro atoms. The summed E-state index contributed by atoms with van der Waals surface area (Å²) in [4.78, 5) is 13.0. The van der Waals surface area contributed by atoms with Crippen LogP contribution in [-0.2, 0) is 0 Å². The lowest BCUT2D eigenvalue weighted by Crippen LogP contribution is -1.81. The Morgan fingerprint density at radius 3 is 2.78 bits per heavy atom. The zero-order valence-electron chi connectivity index (χ0n) is 9.46. The van der Waals surface area contributed by atoms with Gasteiger partial charge in [-0.1, -0.05) is 30.3 Å². The van der Waals surface area contributed by atoms with Crippen LogP contribution < -0.4 is 0 Å². The molecule has 0 bridgehead atoms. The number of nitro groups is 1. The molecule has 1 aromatic heterocycles. The quantitative estimate of drug-likeness (QED) is 0.548. The molecule has 0 unspecified atom stereocenters. The molecule has 0 amide bonds. The van der Waals surface area contributed by atoms with Crippen molar-refractivity contribution < 1.29 is 4.92 Å². The first-order chi connectivity index (χ1) is 8.74. The average Bonchev–Trinajstić information content (AvgIpc) is 2.79. The predicted molar refractivity (Wildman–Crippen MR) is 71.8 cm³/mol. The van der Waals surface area contributed by atoms with E-state index < -0.39 is 4.92 Å². The van der Waals surface area contributed by atoms with Gasteiger partial charge in [0, 0.05) is 22.7 Å². The van der Waals surface area contributed by atoms with E-state index in [9.17, 15) is 10.1 Å². The van der Waals surface area contributed by atoms with Gasteiger partial charge in [-0.2, -0.15) is 0 Å². The third-order valence-corrected chi connectivity index (χ3v) is 2.93. The maximum atomic E-state index is 10.3. The van der Waals surface area contributed by atoms with Gasteiger partial charge in [0.25, 0.3) is 0 Å². The molecule has 1 heterocycles. The van der Waals surface area contributed by atoms with E-state index in [1.165, 1.54) is 6.08 Å². The highest BCUT2D eigenvalue weighted by Crippen LogP contribution is 2.26. The molecule has 4 nitrogen and oxygen atoms in total. The van der Waals surface area contributed by atoms with E-state index in [0.29, 0.717) is 0 Å². The van der Waals surface area contributed by atoms with Crippen molar-refractivity contribution in [3.63, 3.8) is 0 Å². The molecule has 0 saturated heterocycles. The number of nitrogens with zero attached hydrogens (tertiary/aromatic N) is 1. The fourth-order valence-corrected chi connectivity index (χ4v) is 2.14. The standard InChI is InChI=1S/C14H10N2O2/c17-16(18)8-7-11-9-13-12-4-2-1-3-10(12)5-6-14(13)15-11/h1-9,15H/b8-7+. The van der Waals surface area contributed by atoms with Crippen molar-refractivity contribution in [1.29, 1.82) is 0 Å². The minimum Gasteiger partial charge on any atom is -0.355 e. The first-order valence-electron chi connectivity index (χ1n) is 5.56. The molecule has 4 heteroatoms. The molecular formula is C14H10N2O2. The molecule has 0 atom stereocenters. The third kappa shape index (κ3) is 1.73. The SMILES string of the molecule is O=[N+]([O-])/C=C/c1cc2c(ccc3ccccc32)[nH]1. The van der Waals surface area contributed by atoms with Crippen molar-refractivity contribution in [2.75, 3.05) is 0 Å². The first-order valence-corrected chi connectivity index (χ1v) is 5.56. The number of hydrogen-bond acceptors (Lipinski definition) is 2. The second kappa shape index (κ2) is 4.00. The minimum atomic E-state index is -0.469. The summed E-state index contributed by atoms with van der Waals surface area (Å²) in [6.45, 7) is 0. The minimum absolute atomic E-state index is 0.469. The van der Waals surface area contributed by atoms with Crippen LogP contribution in [0.1, 0.15) is 5.69 Å². The molecule has 3 rings (SSSR count). The van der Waals surface area contributed by atoms with E-state index in [1.807, 2.05) is 42.5 Å². The summed E-state index contributed by atoms with van der Waals surface area (Å²) in [5.41, 5.74) is 1.72. The molecule has 88 valence electrons. The topological polar surface area (TPSA) is 58.9 Å². The Labute approximate surface area is 103 Å². The highest BCUT2D eigenvalue weighted by molar-refractivity contribution is 6.07. The number of hydrogen-bond donors (Lipinski definition) is 1. The monoisotopic (exact) mass is 238 g/mol. The van der Waals surface area contributed by atoms with Crippen LogP contribution in [0.5, 0.6) is 0 Å². The average molecular weight is 238 g/mol. The fourth-order valence-electron chi connectivity index (χ4n) is 2.14. The van der Waals surface area contributed by atoms with E-state index >= 15 is 0 Å². The zero-order valence-corrected chi connectivity index (χ0v) is 9.46. The Hall–Kier alpha value is -2.62. The molecule has 0 aliphatic carbocycles. The maximum absolute atomic E-state index is 10.3. The van der Waals surface area contributed by atoms with Gasteiger partial charge in [0.05, 0.1) is 4.92 Å². The lowest BCUT2D eigenvalue weighted by molar-refractivity contribution is -0.400. The molecule has 3 aromatic rings. The van der Waals surface area contributed by atoms with Gasteiger partial charge in [0.2, 0.25) is 6.20 Å². The van der Waals surface area contributed by atoms with Crippen molar-refractivity contribution in [2.45, 2.75) is 0 Å². The van der Waals surface area contributed by atoms with Gasteiger partial charge in [0.1, 0.15) is 0 Å². The smallest absolute Gasteiger partial charge is 0.236 e. The maximum Gasteiger partial charge on any atom is 0.236 e. The van der Waals surface area contributed by atoms with Gasteiger partial charge in [-0.25, -0.2) is 0 Å². The van der Waals surface area contributed by atoms with Gasteiger partial charge in [0.15, 0.2) is 0 Å². The third-order valence-electron chi connectivity index (χ3n) is 2.93. The highest BCUT2D eigenvalue weighted by Gasteiger charge is 2.03. The Morgan fingerprint density at radius 1 is 1.11 bits per heavy atom.